The van der Waals surface area contributed by atoms with E-state index in [0.29, 0.717) is 24.7 Å². The van der Waals surface area contributed by atoms with E-state index < -0.39 is 11.5 Å². The number of urea groups is 1. The maximum absolute atomic E-state index is 12.0. The lowest BCUT2D eigenvalue weighted by atomic mass is 9.77. The first kappa shape index (κ1) is 12.2. The van der Waals surface area contributed by atoms with Gasteiger partial charge in [-0.2, -0.15) is 0 Å². The summed E-state index contributed by atoms with van der Waals surface area (Å²) in [6, 6.07) is -0.219. The van der Waals surface area contributed by atoms with Crippen molar-refractivity contribution in [1.82, 2.24) is 10.2 Å². The van der Waals surface area contributed by atoms with Gasteiger partial charge in [0.25, 0.3) is 0 Å². The first-order valence-electron chi connectivity index (χ1n) is 6.25. The molecule has 1 saturated carbocycles. The quantitative estimate of drug-likeness (QED) is 0.764. The number of carbonyl (C=O) groups is 2. The highest BCUT2D eigenvalue weighted by Crippen LogP contribution is 2.32. The molecule has 2 amide bonds. The highest BCUT2D eigenvalue weighted by Gasteiger charge is 2.47. The van der Waals surface area contributed by atoms with Crippen molar-refractivity contribution in [3.8, 4) is 0 Å². The molecule has 1 aliphatic carbocycles. The second-order valence-corrected chi connectivity index (χ2v) is 5.53. The number of carboxylic acids is 1. The van der Waals surface area contributed by atoms with Gasteiger partial charge in [0.05, 0.1) is 0 Å². The zero-order chi connectivity index (χ0) is 12.6. The van der Waals surface area contributed by atoms with E-state index in [4.69, 9.17) is 5.11 Å². The molecular formula is C12H20N2O3. The predicted molar refractivity (Wildman–Crippen MR) is 62.7 cm³/mol. The summed E-state index contributed by atoms with van der Waals surface area (Å²) in [6.07, 6.45) is 1.97. The molecule has 5 nitrogen and oxygen atoms in total. The van der Waals surface area contributed by atoms with Crippen molar-refractivity contribution in [2.75, 3.05) is 13.1 Å². The van der Waals surface area contributed by atoms with E-state index in [0.717, 1.165) is 19.5 Å². The number of carbonyl (C=O) groups excluding carboxylic acids is 1. The molecular weight excluding hydrogens is 220 g/mol. The zero-order valence-corrected chi connectivity index (χ0v) is 10.4. The summed E-state index contributed by atoms with van der Waals surface area (Å²) in [5, 5.41) is 11.8. The van der Waals surface area contributed by atoms with E-state index in [1.807, 2.05) is 0 Å². The Labute approximate surface area is 101 Å². The average Bonchev–Trinajstić information content (AvgIpc) is 2.52. The number of rotatable bonds is 2. The third kappa shape index (κ3) is 2.10. The van der Waals surface area contributed by atoms with E-state index in [9.17, 15) is 9.59 Å². The molecule has 2 fully saturated rings. The Morgan fingerprint density at radius 1 is 1.24 bits per heavy atom. The second kappa shape index (κ2) is 4.20. The minimum Gasteiger partial charge on any atom is -0.480 e. The van der Waals surface area contributed by atoms with Gasteiger partial charge in [-0.15, -0.1) is 0 Å². The van der Waals surface area contributed by atoms with E-state index in [-0.39, 0.29) is 6.03 Å². The predicted octanol–water partition coefficient (Wildman–Crippen LogP) is 1.29. The van der Waals surface area contributed by atoms with Crippen LogP contribution in [0.25, 0.3) is 0 Å². The second-order valence-electron chi connectivity index (χ2n) is 5.53. The highest BCUT2D eigenvalue weighted by atomic mass is 16.4. The molecule has 2 unspecified atom stereocenters. The lowest BCUT2D eigenvalue weighted by Gasteiger charge is -2.39. The fourth-order valence-electron chi connectivity index (χ4n) is 2.50. The molecule has 2 N–H and O–H groups in total. The maximum Gasteiger partial charge on any atom is 0.329 e. The Bertz CT molecular complexity index is 329. The first-order chi connectivity index (χ1) is 7.94. The van der Waals surface area contributed by atoms with Crippen LogP contribution in [0.2, 0.25) is 0 Å². The Balaban J connectivity index is 1.95. The smallest absolute Gasteiger partial charge is 0.329 e. The SMILES string of the molecule is CC1CN(C(=O)NC2(C(=O)O)CCC2)CC1C. The van der Waals surface area contributed by atoms with Gasteiger partial charge in [0.15, 0.2) is 0 Å². The summed E-state index contributed by atoms with van der Waals surface area (Å²) in [5.74, 6) is 0.0724. The van der Waals surface area contributed by atoms with Crippen molar-refractivity contribution >= 4 is 12.0 Å². The highest BCUT2D eigenvalue weighted by molar-refractivity contribution is 5.87. The van der Waals surface area contributed by atoms with Crippen molar-refractivity contribution < 1.29 is 14.7 Å². The summed E-state index contributed by atoms with van der Waals surface area (Å²) in [7, 11) is 0. The summed E-state index contributed by atoms with van der Waals surface area (Å²) < 4.78 is 0. The van der Waals surface area contributed by atoms with Gasteiger partial charge in [-0.25, -0.2) is 9.59 Å². The van der Waals surface area contributed by atoms with Gasteiger partial charge in [0, 0.05) is 13.1 Å². The van der Waals surface area contributed by atoms with Crippen molar-refractivity contribution in [2.45, 2.75) is 38.6 Å². The molecule has 0 aromatic heterocycles. The molecule has 5 heteroatoms. The number of hydrogen-bond acceptors (Lipinski definition) is 2. The molecule has 0 aromatic carbocycles. The van der Waals surface area contributed by atoms with E-state index in [1.165, 1.54) is 0 Å². The number of carboxylic acid groups (broad SMARTS) is 1. The molecule has 0 radical (unpaired) electrons. The van der Waals surface area contributed by atoms with Crippen molar-refractivity contribution in [3.05, 3.63) is 0 Å². The van der Waals surface area contributed by atoms with Gasteiger partial charge in [0.1, 0.15) is 5.54 Å². The molecule has 2 aliphatic rings. The number of nitrogens with zero attached hydrogens (tertiary/aromatic N) is 1. The molecule has 1 aliphatic heterocycles. The van der Waals surface area contributed by atoms with Gasteiger partial charge in [-0.05, 0) is 31.1 Å². The van der Waals surface area contributed by atoms with Crippen LogP contribution in [-0.4, -0.2) is 40.6 Å². The van der Waals surface area contributed by atoms with Crippen molar-refractivity contribution in [1.29, 1.82) is 0 Å². The Hall–Kier alpha value is -1.26. The zero-order valence-electron chi connectivity index (χ0n) is 10.4. The fraction of sp³-hybridized carbons (Fsp3) is 0.833. The standard InChI is InChI=1S/C12H20N2O3/c1-8-6-14(7-9(8)2)11(17)13-12(10(15)16)4-3-5-12/h8-9H,3-7H2,1-2H3,(H,13,17)(H,15,16). The van der Waals surface area contributed by atoms with Gasteiger partial charge in [-0.3, -0.25) is 0 Å². The van der Waals surface area contributed by atoms with Crippen molar-refractivity contribution in [2.24, 2.45) is 11.8 Å². The Morgan fingerprint density at radius 3 is 2.12 bits per heavy atom. The molecule has 96 valence electrons. The lowest BCUT2D eigenvalue weighted by molar-refractivity contribution is -0.148. The van der Waals surface area contributed by atoms with Crippen LogP contribution in [0.3, 0.4) is 0 Å². The minimum absolute atomic E-state index is 0.219. The number of nitrogens with one attached hydrogen (secondary N) is 1. The van der Waals surface area contributed by atoms with Gasteiger partial charge < -0.3 is 15.3 Å². The normalized spacial score (nSPS) is 30.8. The summed E-state index contributed by atoms with van der Waals surface area (Å²) in [4.78, 5) is 24.9. The molecule has 1 heterocycles. The van der Waals surface area contributed by atoms with E-state index in [2.05, 4.69) is 19.2 Å². The Morgan fingerprint density at radius 2 is 1.76 bits per heavy atom. The Kier molecular flexibility index (Phi) is 3.02. The van der Waals surface area contributed by atoms with Crippen LogP contribution in [0.4, 0.5) is 4.79 Å². The van der Waals surface area contributed by atoms with Crippen molar-refractivity contribution in [3.63, 3.8) is 0 Å². The molecule has 0 aromatic rings. The third-order valence-electron chi connectivity index (χ3n) is 4.24. The number of aliphatic carboxylic acids is 1. The summed E-state index contributed by atoms with van der Waals surface area (Å²) in [5.41, 5.74) is -0.994. The minimum atomic E-state index is -0.994. The fourth-order valence-corrected chi connectivity index (χ4v) is 2.50. The average molecular weight is 240 g/mol. The largest absolute Gasteiger partial charge is 0.480 e. The van der Waals surface area contributed by atoms with E-state index >= 15 is 0 Å². The molecule has 17 heavy (non-hydrogen) atoms. The first-order valence-corrected chi connectivity index (χ1v) is 6.25. The van der Waals surface area contributed by atoms with Crippen LogP contribution >= 0.6 is 0 Å². The molecule has 0 spiro atoms. The molecule has 2 atom stereocenters. The van der Waals surface area contributed by atoms with Crippen LogP contribution < -0.4 is 5.32 Å². The molecule has 2 rings (SSSR count). The van der Waals surface area contributed by atoms with Gasteiger partial charge in [0.2, 0.25) is 0 Å². The van der Waals surface area contributed by atoms with Crippen LogP contribution in [0.15, 0.2) is 0 Å². The molecule has 1 saturated heterocycles. The summed E-state index contributed by atoms with van der Waals surface area (Å²) in [6.45, 7) is 5.69. The van der Waals surface area contributed by atoms with E-state index in [1.54, 1.807) is 4.90 Å². The number of hydrogen-bond donors (Lipinski definition) is 2. The van der Waals surface area contributed by atoms with Crippen LogP contribution in [0, 0.1) is 11.8 Å². The topological polar surface area (TPSA) is 69.6 Å². The van der Waals surface area contributed by atoms with Crippen LogP contribution in [-0.2, 0) is 4.79 Å². The number of likely N-dealkylation sites (tertiary alicyclic amines) is 1. The van der Waals surface area contributed by atoms with Crippen LogP contribution in [0.5, 0.6) is 0 Å². The number of amides is 2. The maximum atomic E-state index is 12.0. The van der Waals surface area contributed by atoms with Gasteiger partial charge >= 0.3 is 12.0 Å². The van der Waals surface area contributed by atoms with Crippen LogP contribution in [0.1, 0.15) is 33.1 Å². The monoisotopic (exact) mass is 240 g/mol. The summed E-state index contributed by atoms with van der Waals surface area (Å²) >= 11 is 0. The molecule has 0 bridgehead atoms. The third-order valence-corrected chi connectivity index (χ3v) is 4.24. The van der Waals surface area contributed by atoms with Gasteiger partial charge in [-0.1, -0.05) is 13.8 Å². The lowest BCUT2D eigenvalue weighted by Crippen LogP contribution is -2.61.